The molecule has 0 saturated heterocycles. The summed E-state index contributed by atoms with van der Waals surface area (Å²) in [5.74, 6) is -1.11. The van der Waals surface area contributed by atoms with Crippen LogP contribution in [0.3, 0.4) is 0 Å². The molecule has 3 N–H and O–H groups in total. The van der Waals surface area contributed by atoms with Crippen LogP contribution >= 0.6 is 0 Å². The molecule has 8 nitrogen and oxygen atoms in total. The third-order valence-corrected chi connectivity index (χ3v) is 3.78. The normalized spacial score (nSPS) is 11.5. The van der Waals surface area contributed by atoms with Crippen molar-refractivity contribution in [1.82, 2.24) is 10.1 Å². The van der Waals surface area contributed by atoms with Crippen LogP contribution in [0, 0.1) is 13.8 Å². The Hall–Kier alpha value is -2.29. The molecule has 0 amide bonds. The number of anilines is 1. The van der Waals surface area contributed by atoms with Crippen molar-refractivity contribution in [2.75, 3.05) is 4.72 Å². The summed E-state index contributed by atoms with van der Waals surface area (Å²) in [6.07, 6.45) is 1.30. The van der Waals surface area contributed by atoms with Gasteiger partial charge in [0, 0.05) is 18.0 Å². The van der Waals surface area contributed by atoms with E-state index in [1.807, 2.05) is 0 Å². The number of hydrogen-bond donors (Lipinski definition) is 3. The van der Waals surface area contributed by atoms with Gasteiger partial charge in [-0.15, -0.1) is 0 Å². The Morgan fingerprint density at radius 3 is 2.75 bits per heavy atom. The number of H-pyrrole nitrogens is 1. The number of carboxylic acid groups (broad SMARTS) is 1. The fourth-order valence-electron chi connectivity index (χ4n) is 1.77. The summed E-state index contributed by atoms with van der Waals surface area (Å²) in [5.41, 5.74) is 0.506. The van der Waals surface area contributed by atoms with E-state index in [0.29, 0.717) is 11.5 Å². The molecule has 0 aliphatic carbocycles. The maximum atomic E-state index is 12.0. The zero-order chi connectivity index (χ0) is 14.9. The molecule has 2 aromatic heterocycles. The van der Waals surface area contributed by atoms with E-state index in [1.54, 1.807) is 13.8 Å². The molecule has 2 rings (SSSR count). The second-order valence-corrected chi connectivity index (χ2v) is 6.02. The highest BCUT2D eigenvalue weighted by Crippen LogP contribution is 2.21. The lowest BCUT2D eigenvalue weighted by Gasteiger charge is -2.05. The van der Waals surface area contributed by atoms with Crippen LogP contribution in [-0.2, 0) is 15.8 Å². The van der Waals surface area contributed by atoms with Crippen molar-refractivity contribution in [3.63, 3.8) is 0 Å². The monoisotopic (exact) mass is 299 g/mol. The Kier molecular flexibility index (Phi) is 3.53. The SMILES string of the molecule is Cc1cc(CS(=O)(=O)Nc2c[nH]c(C)c2C(=O)O)no1. The van der Waals surface area contributed by atoms with Crippen molar-refractivity contribution < 1.29 is 22.8 Å². The fourth-order valence-corrected chi connectivity index (χ4v) is 2.86. The molecule has 0 aliphatic rings. The second-order valence-electron chi connectivity index (χ2n) is 4.30. The molecule has 0 radical (unpaired) electrons. The number of carbonyl (C=O) groups is 1. The van der Waals surface area contributed by atoms with Gasteiger partial charge in [-0.25, -0.2) is 13.2 Å². The topological polar surface area (TPSA) is 125 Å². The smallest absolute Gasteiger partial charge is 0.339 e. The second kappa shape index (κ2) is 5.00. The molecule has 0 bridgehead atoms. The van der Waals surface area contributed by atoms with Crippen molar-refractivity contribution in [3.05, 3.63) is 35.0 Å². The minimum Gasteiger partial charge on any atom is -0.478 e. The van der Waals surface area contributed by atoms with Gasteiger partial charge in [-0.05, 0) is 13.8 Å². The summed E-state index contributed by atoms with van der Waals surface area (Å²) in [6.45, 7) is 3.19. The molecular weight excluding hydrogens is 286 g/mol. The van der Waals surface area contributed by atoms with Gasteiger partial charge in [0.2, 0.25) is 10.0 Å². The van der Waals surface area contributed by atoms with Crippen LogP contribution in [0.15, 0.2) is 16.8 Å². The van der Waals surface area contributed by atoms with Crippen LogP contribution in [0.4, 0.5) is 5.69 Å². The average molecular weight is 299 g/mol. The van der Waals surface area contributed by atoms with Gasteiger partial charge >= 0.3 is 5.97 Å². The number of aromatic amines is 1. The number of aryl methyl sites for hydroxylation is 2. The van der Waals surface area contributed by atoms with E-state index in [2.05, 4.69) is 14.9 Å². The van der Waals surface area contributed by atoms with E-state index >= 15 is 0 Å². The quantitative estimate of drug-likeness (QED) is 0.763. The first-order chi connectivity index (χ1) is 9.28. The van der Waals surface area contributed by atoms with Gasteiger partial charge in [-0.1, -0.05) is 5.16 Å². The van der Waals surface area contributed by atoms with E-state index in [0.717, 1.165) is 0 Å². The van der Waals surface area contributed by atoms with E-state index in [1.165, 1.54) is 12.3 Å². The number of sulfonamides is 1. The Morgan fingerprint density at radius 2 is 2.20 bits per heavy atom. The van der Waals surface area contributed by atoms with Crippen molar-refractivity contribution in [3.8, 4) is 0 Å². The number of aromatic carboxylic acids is 1. The van der Waals surface area contributed by atoms with Gasteiger partial charge in [0.25, 0.3) is 0 Å². The minimum atomic E-state index is -3.77. The minimum absolute atomic E-state index is 0.00443. The van der Waals surface area contributed by atoms with Crippen LogP contribution in [0.1, 0.15) is 27.5 Å². The van der Waals surface area contributed by atoms with Gasteiger partial charge in [0.1, 0.15) is 22.8 Å². The zero-order valence-corrected chi connectivity index (χ0v) is 11.6. The number of rotatable bonds is 5. The first kappa shape index (κ1) is 14.1. The Bertz CT molecular complexity index is 744. The molecule has 0 aromatic carbocycles. The average Bonchev–Trinajstić information content (AvgIpc) is 2.84. The maximum absolute atomic E-state index is 12.0. The molecule has 0 spiro atoms. The third-order valence-electron chi connectivity index (χ3n) is 2.57. The van der Waals surface area contributed by atoms with Crippen molar-refractivity contribution >= 4 is 21.7 Å². The largest absolute Gasteiger partial charge is 0.478 e. The molecular formula is C11H13N3O5S. The summed E-state index contributed by atoms with van der Waals surface area (Å²) in [6, 6.07) is 1.50. The Labute approximate surface area is 114 Å². The highest BCUT2D eigenvalue weighted by molar-refractivity contribution is 7.91. The summed E-state index contributed by atoms with van der Waals surface area (Å²) in [5, 5.41) is 12.6. The van der Waals surface area contributed by atoms with Crippen molar-refractivity contribution in [2.24, 2.45) is 0 Å². The standard InChI is InChI=1S/C11H13N3O5S/c1-6-3-8(13-19-6)5-20(17,18)14-9-4-12-7(2)10(9)11(15)16/h3-4,12,14H,5H2,1-2H3,(H,15,16). The highest BCUT2D eigenvalue weighted by atomic mass is 32.2. The number of aromatic nitrogens is 2. The van der Waals surface area contributed by atoms with Gasteiger partial charge in [-0.3, -0.25) is 4.72 Å². The molecule has 0 unspecified atom stereocenters. The molecule has 9 heteroatoms. The molecule has 108 valence electrons. The van der Waals surface area contributed by atoms with E-state index in [4.69, 9.17) is 9.63 Å². The summed E-state index contributed by atoms with van der Waals surface area (Å²) in [7, 11) is -3.77. The van der Waals surface area contributed by atoms with E-state index in [-0.39, 0.29) is 16.9 Å². The van der Waals surface area contributed by atoms with E-state index < -0.39 is 21.7 Å². The molecule has 0 saturated carbocycles. The van der Waals surface area contributed by atoms with Crippen molar-refractivity contribution in [2.45, 2.75) is 19.6 Å². The molecule has 2 heterocycles. The van der Waals surface area contributed by atoms with Crippen molar-refractivity contribution in [1.29, 1.82) is 0 Å². The van der Waals surface area contributed by atoms with Gasteiger partial charge in [-0.2, -0.15) is 0 Å². The van der Waals surface area contributed by atoms with Crippen LogP contribution in [0.5, 0.6) is 0 Å². The maximum Gasteiger partial charge on any atom is 0.339 e. The predicted molar refractivity (Wildman–Crippen MR) is 70.0 cm³/mol. The van der Waals surface area contributed by atoms with Gasteiger partial charge < -0.3 is 14.6 Å². The predicted octanol–water partition coefficient (Wildman–Crippen LogP) is 1.26. The summed E-state index contributed by atoms with van der Waals surface area (Å²) in [4.78, 5) is 13.7. The summed E-state index contributed by atoms with van der Waals surface area (Å²) >= 11 is 0. The molecule has 20 heavy (non-hydrogen) atoms. The van der Waals surface area contributed by atoms with Crippen LogP contribution in [0.25, 0.3) is 0 Å². The van der Waals surface area contributed by atoms with E-state index in [9.17, 15) is 13.2 Å². The molecule has 0 fully saturated rings. The molecule has 0 atom stereocenters. The lowest BCUT2D eigenvalue weighted by atomic mass is 10.2. The molecule has 2 aromatic rings. The van der Waals surface area contributed by atoms with Crippen LogP contribution in [-0.4, -0.2) is 29.6 Å². The van der Waals surface area contributed by atoms with Crippen LogP contribution < -0.4 is 4.72 Å². The lowest BCUT2D eigenvalue weighted by Crippen LogP contribution is -2.16. The highest BCUT2D eigenvalue weighted by Gasteiger charge is 2.21. The third kappa shape index (κ3) is 2.99. The number of hydrogen-bond acceptors (Lipinski definition) is 5. The number of nitrogens with one attached hydrogen (secondary N) is 2. The Balaban J connectivity index is 2.22. The van der Waals surface area contributed by atoms with Crippen LogP contribution in [0.2, 0.25) is 0 Å². The van der Waals surface area contributed by atoms with Gasteiger partial charge in [0.15, 0.2) is 0 Å². The molecule has 0 aliphatic heterocycles. The number of carboxylic acids is 1. The zero-order valence-electron chi connectivity index (χ0n) is 10.8. The lowest BCUT2D eigenvalue weighted by molar-refractivity contribution is 0.0697. The summed E-state index contributed by atoms with van der Waals surface area (Å²) < 4.78 is 30.9. The number of nitrogens with zero attached hydrogens (tertiary/aromatic N) is 1. The first-order valence-electron chi connectivity index (χ1n) is 5.62. The van der Waals surface area contributed by atoms with Gasteiger partial charge in [0.05, 0.1) is 5.69 Å². The fraction of sp³-hybridized carbons (Fsp3) is 0.273. The first-order valence-corrected chi connectivity index (χ1v) is 7.27. The Morgan fingerprint density at radius 1 is 1.50 bits per heavy atom.